The number of anilines is 1. The molecule has 1 aliphatic carbocycles. The Morgan fingerprint density at radius 3 is 2.50 bits per heavy atom. The maximum absolute atomic E-state index is 13.8. The van der Waals surface area contributed by atoms with Crippen molar-refractivity contribution in [3.05, 3.63) is 36.2 Å². The number of nitrogens with one attached hydrogen (secondary N) is 1. The fraction of sp³-hybridized carbons (Fsp3) is 0.609. The Morgan fingerprint density at radius 1 is 1.09 bits per heavy atom. The Morgan fingerprint density at radius 2 is 1.84 bits per heavy atom. The number of pyridine rings is 1. The fourth-order valence-electron chi connectivity index (χ4n) is 5.52. The summed E-state index contributed by atoms with van der Waals surface area (Å²) < 4.78 is 46.8. The molecule has 0 aromatic carbocycles. The summed E-state index contributed by atoms with van der Waals surface area (Å²) >= 11 is 0. The SMILES string of the molecule is FC(F)(F)c1cc(-c2cccnc2)nnc1N[C@H]1C[C@@H]2CN(CC3CCOCC3)C[C@@H]2C1. The predicted octanol–water partition coefficient (Wildman–Crippen LogP) is 4.11. The topological polar surface area (TPSA) is 63.2 Å². The number of ether oxygens (including phenoxy) is 1. The Hall–Kier alpha value is -2.26. The molecule has 3 atom stereocenters. The minimum absolute atomic E-state index is 0.00475. The molecule has 0 bridgehead atoms. The lowest BCUT2D eigenvalue weighted by molar-refractivity contribution is -0.137. The second kappa shape index (κ2) is 8.94. The Labute approximate surface area is 185 Å². The van der Waals surface area contributed by atoms with E-state index < -0.39 is 11.7 Å². The van der Waals surface area contributed by atoms with Crippen LogP contribution in [0, 0.1) is 17.8 Å². The summed E-state index contributed by atoms with van der Waals surface area (Å²) in [6.07, 6.45) is 2.55. The molecule has 6 nitrogen and oxygen atoms in total. The zero-order valence-electron chi connectivity index (χ0n) is 17.9. The monoisotopic (exact) mass is 447 g/mol. The minimum atomic E-state index is -4.51. The van der Waals surface area contributed by atoms with Crippen LogP contribution in [0.25, 0.3) is 11.3 Å². The highest BCUT2D eigenvalue weighted by Gasteiger charge is 2.42. The second-order valence-electron chi connectivity index (χ2n) is 9.34. The average molecular weight is 448 g/mol. The lowest BCUT2D eigenvalue weighted by Gasteiger charge is -2.28. The maximum atomic E-state index is 13.8. The second-order valence-corrected chi connectivity index (χ2v) is 9.34. The number of likely N-dealkylation sites (tertiary alicyclic amines) is 1. The molecule has 1 saturated carbocycles. The number of nitrogens with zero attached hydrogens (tertiary/aromatic N) is 4. The van der Waals surface area contributed by atoms with Crippen LogP contribution in [0.15, 0.2) is 30.6 Å². The van der Waals surface area contributed by atoms with Crippen LogP contribution in [0.2, 0.25) is 0 Å². The van der Waals surface area contributed by atoms with Crippen molar-refractivity contribution in [2.75, 3.05) is 38.2 Å². The molecule has 0 radical (unpaired) electrons. The van der Waals surface area contributed by atoms with Gasteiger partial charge in [0.05, 0.1) is 5.69 Å². The summed E-state index contributed by atoms with van der Waals surface area (Å²) in [7, 11) is 0. The van der Waals surface area contributed by atoms with Gasteiger partial charge in [0.1, 0.15) is 5.56 Å². The molecule has 0 unspecified atom stereocenters. The molecule has 5 rings (SSSR count). The lowest BCUT2D eigenvalue weighted by atomic mass is 10.00. The van der Waals surface area contributed by atoms with Crippen molar-refractivity contribution in [3.8, 4) is 11.3 Å². The molecule has 172 valence electrons. The van der Waals surface area contributed by atoms with Gasteiger partial charge in [0.15, 0.2) is 5.82 Å². The molecule has 2 aromatic rings. The van der Waals surface area contributed by atoms with Gasteiger partial charge in [-0.2, -0.15) is 13.2 Å². The van der Waals surface area contributed by atoms with Crippen molar-refractivity contribution >= 4 is 5.82 Å². The molecule has 3 aliphatic rings. The number of hydrogen-bond acceptors (Lipinski definition) is 6. The standard InChI is InChI=1S/C23H28F3N5O/c24-23(25,26)20-10-21(16-2-1-5-27-11-16)29-30-22(20)28-19-8-17-13-31(14-18(17)9-19)12-15-3-6-32-7-4-15/h1-2,5,10-11,15,17-19H,3-4,6-9,12-14H2,(H,28,30)/t17-,18+,19+. The third kappa shape index (κ3) is 4.73. The number of aromatic nitrogens is 3. The van der Waals surface area contributed by atoms with E-state index >= 15 is 0 Å². The Balaban J connectivity index is 1.23. The van der Waals surface area contributed by atoms with Crippen LogP contribution in [-0.2, 0) is 10.9 Å². The number of hydrogen-bond donors (Lipinski definition) is 1. The molecule has 2 aliphatic heterocycles. The summed E-state index contributed by atoms with van der Waals surface area (Å²) in [5.41, 5.74) is -0.0929. The first-order valence-electron chi connectivity index (χ1n) is 11.4. The molecular weight excluding hydrogens is 419 g/mol. The van der Waals surface area contributed by atoms with Gasteiger partial charge in [0, 0.05) is 56.8 Å². The summed E-state index contributed by atoms with van der Waals surface area (Å²) in [6, 6.07) is 4.40. The summed E-state index contributed by atoms with van der Waals surface area (Å²) in [5.74, 6) is 1.60. The first kappa shape index (κ1) is 21.6. The van der Waals surface area contributed by atoms with Gasteiger partial charge in [-0.05, 0) is 61.6 Å². The van der Waals surface area contributed by atoms with Crippen LogP contribution < -0.4 is 5.32 Å². The number of rotatable bonds is 5. The highest BCUT2D eigenvalue weighted by Crippen LogP contribution is 2.41. The third-order valence-electron chi connectivity index (χ3n) is 7.08. The molecule has 32 heavy (non-hydrogen) atoms. The molecule has 3 fully saturated rings. The van der Waals surface area contributed by atoms with Gasteiger partial charge in [-0.15, -0.1) is 10.2 Å². The van der Waals surface area contributed by atoms with E-state index in [0.717, 1.165) is 64.6 Å². The number of fused-ring (bicyclic) bond motifs is 1. The van der Waals surface area contributed by atoms with E-state index in [1.54, 1.807) is 18.3 Å². The van der Waals surface area contributed by atoms with Crippen molar-refractivity contribution in [3.63, 3.8) is 0 Å². The summed E-state index contributed by atoms with van der Waals surface area (Å²) in [4.78, 5) is 6.51. The predicted molar refractivity (Wildman–Crippen MR) is 114 cm³/mol. The molecule has 1 N–H and O–H groups in total. The zero-order valence-corrected chi connectivity index (χ0v) is 17.9. The van der Waals surface area contributed by atoms with Gasteiger partial charge in [-0.1, -0.05) is 0 Å². The van der Waals surface area contributed by atoms with Crippen LogP contribution in [0.5, 0.6) is 0 Å². The van der Waals surface area contributed by atoms with Crippen LogP contribution in [0.4, 0.5) is 19.0 Å². The maximum Gasteiger partial charge on any atom is 0.420 e. The largest absolute Gasteiger partial charge is 0.420 e. The minimum Gasteiger partial charge on any atom is -0.381 e. The molecule has 2 saturated heterocycles. The Kier molecular flexibility index (Phi) is 6.03. The average Bonchev–Trinajstić information content (AvgIpc) is 3.32. The first-order chi connectivity index (χ1) is 15.5. The van der Waals surface area contributed by atoms with Crippen LogP contribution in [0.3, 0.4) is 0 Å². The van der Waals surface area contributed by atoms with Crippen molar-refractivity contribution in [1.82, 2.24) is 20.1 Å². The van der Waals surface area contributed by atoms with Crippen LogP contribution >= 0.6 is 0 Å². The molecule has 9 heteroatoms. The summed E-state index contributed by atoms with van der Waals surface area (Å²) in [6.45, 7) is 4.92. The molecular formula is C23H28F3N5O. The van der Waals surface area contributed by atoms with Gasteiger partial charge in [0.25, 0.3) is 0 Å². The van der Waals surface area contributed by atoms with Crippen molar-refractivity contribution in [1.29, 1.82) is 0 Å². The van der Waals surface area contributed by atoms with E-state index in [-0.39, 0.29) is 17.6 Å². The first-order valence-corrected chi connectivity index (χ1v) is 11.4. The van der Waals surface area contributed by atoms with E-state index in [0.29, 0.717) is 23.3 Å². The quantitative estimate of drug-likeness (QED) is 0.745. The highest BCUT2D eigenvalue weighted by atomic mass is 19.4. The van der Waals surface area contributed by atoms with E-state index in [1.807, 2.05) is 0 Å². The zero-order chi connectivity index (χ0) is 22.1. The normalized spacial score (nSPS) is 26.9. The van der Waals surface area contributed by atoms with Crippen LogP contribution in [-0.4, -0.2) is 59.0 Å². The molecule has 0 amide bonds. The van der Waals surface area contributed by atoms with E-state index in [2.05, 4.69) is 25.4 Å². The van der Waals surface area contributed by atoms with Crippen molar-refractivity contribution in [2.24, 2.45) is 17.8 Å². The van der Waals surface area contributed by atoms with Gasteiger partial charge in [-0.3, -0.25) is 4.98 Å². The highest BCUT2D eigenvalue weighted by molar-refractivity contribution is 5.61. The fourth-order valence-corrected chi connectivity index (χ4v) is 5.52. The molecule has 2 aromatic heterocycles. The van der Waals surface area contributed by atoms with Gasteiger partial charge >= 0.3 is 6.18 Å². The lowest BCUT2D eigenvalue weighted by Crippen LogP contribution is -2.32. The number of alkyl halides is 3. The van der Waals surface area contributed by atoms with Gasteiger partial charge < -0.3 is 15.0 Å². The Bertz CT molecular complexity index is 906. The van der Waals surface area contributed by atoms with Crippen molar-refractivity contribution in [2.45, 2.75) is 37.9 Å². The van der Waals surface area contributed by atoms with Gasteiger partial charge in [-0.25, -0.2) is 0 Å². The number of halogens is 3. The summed E-state index contributed by atoms with van der Waals surface area (Å²) in [5, 5.41) is 11.1. The van der Waals surface area contributed by atoms with Crippen molar-refractivity contribution < 1.29 is 17.9 Å². The van der Waals surface area contributed by atoms with E-state index in [9.17, 15) is 13.2 Å². The van der Waals surface area contributed by atoms with E-state index in [1.165, 1.54) is 6.20 Å². The van der Waals surface area contributed by atoms with Gasteiger partial charge in [0.2, 0.25) is 0 Å². The molecule has 0 spiro atoms. The van der Waals surface area contributed by atoms with Crippen LogP contribution in [0.1, 0.15) is 31.2 Å². The smallest absolute Gasteiger partial charge is 0.381 e. The molecule has 4 heterocycles. The van der Waals surface area contributed by atoms with E-state index in [4.69, 9.17) is 4.74 Å². The third-order valence-corrected chi connectivity index (χ3v) is 7.08.